The Balaban J connectivity index is 2.78. The summed E-state index contributed by atoms with van der Waals surface area (Å²) >= 11 is 8.43. The molecule has 0 saturated heterocycles. The molecule has 0 unspecified atom stereocenters. The number of hydrogen-bond acceptors (Lipinski definition) is 3. The van der Waals surface area contributed by atoms with Gasteiger partial charge < -0.3 is 10.1 Å². The SMILES string of the molecule is C[C@H](O)Cn1c(=S)[nH]c2ccc(Br)cc2c1=O. The molecule has 0 aliphatic carbocycles. The van der Waals surface area contributed by atoms with E-state index in [1.165, 1.54) is 4.57 Å². The van der Waals surface area contributed by atoms with Crippen LogP contribution in [0.2, 0.25) is 0 Å². The van der Waals surface area contributed by atoms with Crippen molar-refractivity contribution in [3.63, 3.8) is 0 Å². The summed E-state index contributed by atoms with van der Waals surface area (Å²) in [5.74, 6) is 0. The molecule has 0 fully saturated rings. The second kappa shape index (κ2) is 4.72. The molecule has 0 aliphatic rings. The molecule has 2 N–H and O–H groups in total. The molecule has 0 amide bonds. The molecular formula is C11H11BrN2O2S. The van der Waals surface area contributed by atoms with Gasteiger partial charge in [-0.05, 0) is 37.3 Å². The highest BCUT2D eigenvalue weighted by atomic mass is 79.9. The third kappa shape index (κ3) is 2.48. The Hall–Kier alpha value is -0.980. The van der Waals surface area contributed by atoms with Gasteiger partial charge >= 0.3 is 0 Å². The van der Waals surface area contributed by atoms with Crippen LogP contribution in [0.4, 0.5) is 0 Å². The van der Waals surface area contributed by atoms with Crippen molar-refractivity contribution in [2.45, 2.75) is 19.6 Å². The van der Waals surface area contributed by atoms with Crippen molar-refractivity contribution in [2.75, 3.05) is 0 Å². The van der Waals surface area contributed by atoms with Gasteiger partial charge in [0.15, 0.2) is 4.77 Å². The Morgan fingerprint density at radius 3 is 2.94 bits per heavy atom. The van der Waals surface area contributed by atoms with Crippen molar-refractivity contribution in [3.8, 4) is 0 Å². The zero-order valence-corrected chi connectivity index (χ0v) is 11.5. The number of halogens is 1. The van der Waals surface area contributed by atoms with Crippen LogP contribution in [0.15, 0.2) is 27.5 Å². The number of aromatic amines is 1. The molecule has 0 bridgehead atoms. The Bertz CT molecular complexity index is 675. The summed E-state index contributed by atoms with van der Waals surface area (Å²) in [6.45, 7) is 1.81. The lowest BCUT2D eigenvalue weighted by Crippen LogP contribution is -2.26. The summed E-state index contributed by atoms with van der Waals surface area (Å²) in [5.41, 5.74) is 0.510. The van der Waals surface area contributed by atoms with E-state index in [1.54, 1.807) is 19.1 Å². The second-order valence-corrected chi connectivity index (χ2v) is 5.19. The number of nitrogens with zero attached hydrogens (tertiary/aromatic N) is 1. The first kappa shape index (κ1) is 12.5. The van der Waals surface area contributed by atoms with E-state index in [1.807, 2.05) is 6.07 Å². The first-order chi connectivity index (χ1) is 7.99. The number of fused-ring (bicyclic) bond motifs is 1. The summed E-state index contributed by atoms with van der Waals surface area (Å²) < 4.78 is 2.52. The smallest absolute Gasteiger partial charge is 0.262 e. The second-order valence-electron chi connectivity index (χ2n) is 3.88. The summed E-state index contributed by atoms with van der Waals surface area (Å²) in [6.07, 6.45) is -0.618. The Labute approximate surface area is 111 Å². The minimum Gasteiger partial charge on any atom is -0.392 e. The van der Waals surface area contributed by atoms with Crippen LogP contribution >= 0.6 is 28.1 Å². The van der Waals surface area contributed by atoms with Crippen molar-refractivity contribution in [1.82, 2.24) is 9.55 Å². The van der Waals surface area contributed by atoms with Crippen LogP contribution in [0.25, 0.3) is 10.9 Å². The van der Waals surface area contributed by atoms with E-state index >= 15 is 0 Å². The fourth-order valence-corrected chi connectivity index (χ4v) is 2.28. The average molecular weight is 315 g/mol. The van der Waals surface area contributed by atoms with Gasteiger partial charge in [0.1, 0.15) is 0 Å². The van der Waals surface area contributed by atoms with Crippen LogP contribution < -0.4 is 5.56 Å². The quantitative estimate of drug-likeness (QED) is 0.836. The standard InChI is InChI=1S/C11H11BrN2O2S/c1-6(15)5-14-10(16)8-4-7(12)2-3-9(8)13-11(14)17/h2-4,6,15H,5H2,1H3,(H,13,17)/t6-/m0/s1. The van der Waals surface area contributed by atoms with Crippen LogP contribution in [0.1, 0.15) is 6.92 Å². The number of aliphatic hydroxyl groups excluding tert-OH is 1. The Morgan fingerprint density at radius 2 is 2.29 bits per heavy atom. The summed E-state index contributed by atoms with van der Waals surface area (Å²) in [4.78, 5) is 15.2. The number of aliphatic hydroxyl groups is 1. The Kier molecular flexibility index (Phi) is 3.46. The van der Waals surface area contributed by atoms with Gasteiger partial charge in [-0.1, -0.05) is 15.9 Å². The minimum absolute atomic E-state index is 0.189. The van der Waals surface area contributed by atoms with Crippen molar-refractivity contribution in [2.24, 2.45) is 0 Å². The molecule has 1 heterocycles. The first-order valence-electron chi connectivity index (χ1n) is 5.09. The largest absolute Gasteiger partial charge is 0.392 e. The number of aromatic nitrogens is 2. The molecule has 90 valence electrons. The van der Waals surface area contributed by atoms with Gasteiger partial charge in [-0.25, -0.2) is 0 Å². The molecule has 2 aromatic rings. The van der Waals surface area contributed by atoms with Crippen molar-refractivity contribution >= 4 is 39.1 Å². The maximum absolute atomic E-state index is 12.2. The highest BCUT2D eigenvalue weighted by Gasteiger charge is 2.07. The highest BCUT2D eigenvalue weighted by Crippen LogP contribution is 2.15. The van der Waals surface area contributed by atoms with Gasteiger partial charge in [0.2, 0.25) is 0 Å². The van der Waals surface area contributed by atoms with Gasteiger partial charge in [-0.3, -0.25) is 9.36 Å². The number of nitrogens with one attached hydrogen (secondary N) is 1. The molecule has 1 atom stereocenters. The summed E-state index contributed by atoms with van der Waals surface area (Å²) in [6, 6.07) is 5.37. The van der Waals surface area contributed by atoms with E-state index in [2.05, 4.69) is 20.9 Å². The molecule has 4 nitrogen and oxygen atoms in total. The molecular weight excluding hydrogens is 304 g/mol. The van der Waals surface area contributed by atoms with Crippen molar-refractivity contribution in [1.29, 1.82) is 0 Å². The first-order valence-corrected chi connectivity index (χ1v) is 6.29. The van der Waals surface area contributed by atoms with Gasteiger partial charge in [0.25, 0.3) is 5.56 Å². The molecule has 2 rings (SSSR count). The number of H-pyrrole nitrogens is 1. The van der Waals surface area contributed by atoms with Crippen molar-refractivity contribution < 1.29 is 5.11 Å². The molecule has 6 heteroatoms. The van der Waals surface area contributed by atoms with Crippen LogP contribution in [0, 0.1) is 4.77 Å². The number of rotatable bonds is 2. The van der Waals surface area contributed by atoms with E-state index in [0.717, 1.165) is 4.47 Å². The van der Waals surface area contributed by atoms with E-state index in [9.17, 15) is 9.90 Å². The van der Waals surface area contributed by atoms with Crippen LogP contribution in [-0.4, -0.2) is 20.8 Å². The van der Waals surface area contributed by atoms with E-state index < -0.39 is 6.10 Å². The van der Waals surface area contributed by atoms with Gasteiger partial charge in [0.05, 0.1) is 23.6 Å². The molecule has 0 spiro atoms. The average Bonchev–Trinajstić information content (AvgIpc) is 2.25. The molecule has 17 heavy (non-hydrogen) atoms. The predicted molar refractivity (Wildman–Crippen MR) is 72.8 cm³/mol. The third-order valence-corrected chi connectivity index (χ3v) is 3.21. The van der Waals surface area contributed by atoms with Gasteiger partial charge in [-0.15, -0.1) is 0 Å². The molecule has 0 saturated carbocycles. The number of benzene rings is 1. The predicted octanol–water partition coefficient (Wildman–Crippen LogP) is 2.20. The van der Waals surface area contributed by atoms with E-state index in [0.29, 0.717) is 15.7 Å². The monoisotopic (exact) mass is 314 g/mol. The zero-order valence-electron chi connectivity index (χ0n) is 9.11. The van der Waals surface area contributed by atoms with E-state index in [4.69, 9.17) is 12.2 Å². The third-order valence-electron chi connectivity index (χ3n) is 2.39. The Morgan fingerprint density at radius 1 is 1.59 bits per heavy atom. The maximum Gasteiger partial charge on any atom is 0.262 e. The lowest BCUT2D eigenvalue weighted by molar-refractivity contribution is 0.171. The van der Waals surface area contributed by atoms with Crippen LogP contribution in [0.5, 0.6) is 0 Å². The molecule has 0 aliphatic heterocycles. The fraction of sp³-hybridized carbons (Fsp3) is 0.273. The zero-order chi connectivity index (χ0) is 12.6. The summed E-state index contributed by atoms with van der Waals surface area (Å²) in [7, 11) is 0. The highest BCUT2D eigenvalue weighted by molar-refractivity contribution is 9.10. The topological polar surface area (TPSA) is 58.0 Å². The minimum atomic E-state index is -0.618. The molecule has 1 aromatic carbocycles. The maximum atomic E-state index is 12.2. The summed E-state index contributed by atoms with van der Waals surface area (Å²) in [5, 5.41) is 9.90. The molecule has 0 radical (unpaired) electrons. The van der Waals surface area contributed by atoms with Gasteiger partial charge in [-0.2, -0.15) is 0 Å². The fourth-order valence-electron chi connectivity index (χ4n) is 1.65. The van der Waals surface area contributed by atoms with E-state index in [-0.39, 0.29) is 12.1 Å². The lowest BCUT2D eigenvalue weighted by atomic mass is 10.2. The molecule has 1 aromatic heterocycles. The normalized spacial score (nSPS) is 12.9. The van der Waals surface area contributed by atoms with Gasteiger partial charge in [0, 0.05) is 4.47 Å². The van der Waals surface area contributed by atoms with Crippen LogP contribution in [0.3, 0.4) is 0 Å². The lowest BCUT2D eigenvalue weighted by Gasteiger charge is -2.09. The van der Waals surface area contributed by atoms with Crippen LogP contribution in [-0.2, 0) is 6.54 Å². The van der Waals surface area contributed by atoms with Crippen molar-refractivity contribution in [3.05, 3.63) is 37.8 Å². The number of hydrogen-bond donors (Lipinski definition) is 2.